The number of amides is 1. The van der Waals surface area contributed by atoms with Gasteiger partial charge in [-0.3, -0.25) is 4.79 Å². The van der Waals surface area contributed by atoms with E-state index in [0.29, 0.717) is 10.7 Å². The van der Waals surface area contributed by atoms with Crippen LogP contribution in [0, 0.1) is 31.1 Å². The highest BCUT2D eigenvalue weighted by Crippen LogP contribution is 2.29. The fraction of sp³-hybridized carbons (Fsp3) is 0.304. The predicted octanol–water partition coefficient (Wildman–Crippen LogP) is 4.55. The van der Waals surface area contributed by atoms with E-state index in [2.05, 4.69) is 58.3 Å². The van der Waals surface area contributed by atoms with E-state index in [4.69, 9.17) is 5.26 Å². The standard InChI is InChI=1S/C23H23N5OS/c1-15-3-4-16(2)19(11-15)20-14-30-23(26-20)27-22(29)18-7-9-28(10-8-18)21-6-5-17(12-24)13-25-21/h3-6,11,13-14,18H,7-10H2,1-2H3,(H,26,27,29). The highest BCUT2D eigenvalue weighted by molar-refractivity contribution is 7.14. The normalized spacial score (nSPS) is 14.4. The zero-order chi connectivity index (χ0) is 21.1. The van der Waals surface area contributed by atoms with Crippen molar-refractivity contribution in [2.75, 3.05) is 23.3 Å². The van der Waals surface area contributed by atoms with Crippen molar-refractivity contribution >= 4 is 28.2 Å². The number of nitrogens with zero attached hydrogens (tertiary/aromatic N) is 4. The van der Waals surface area contributed by atoms with Crippen LogP contribution in [0.5, 0.6) is 0 Å². The second kappa shape index (κ2) is 8.64. The third kappa shape index (κ3) is 4.34. The summed E-state index contributed by atoms with van der Waals surface area (Å²) in [5, 5.41) is 14.5. The lowest BCUT2D eigenvalue weighted by Gasteiger charge is -2.31. The Balaban J connectivity index is 1.36. The van der Waals surface area contributed by atoms with E-state index in [-0.39, 0.29) is 11.8 Å². The summed E-state index contributed by atoms with van der Waals surface area (Å²) in [6, 6.07) is 12.0. The maximum atomic E-state index is 12.7. The first-order chi connectivity index (χ1) is 14.5. The Morgan fingerprint density at radius 3 is 2.73 bits per heavy atom. The van der Waals surface area contributed by atoms with Gasteiger partial charge in [-0.1, -0.05) is 17.7 Å². The first-order valence-electron chi connectivity index (χ1n) is 9.98. The summed E-state index contributed by atoms with van der Waals surface area (Å²) in [7, 11) is 0. The lowest BCUT2D eigenvalue weighted by Crippen LogP contribution is -2.38. The predicted molar refractivity (Wildman–Crippen MR) is 120 cm³/mol. The number of piperidine rings is 1. The van der Waals surface area contributed by atoms with Gasteiger partial charge >= 0.3 is 0 Å². The van der Waals surface area contributed by atoms with Gasteiger partial charge in [-0.05, 0) is 50.5 Å². The van der Waals surface area contributed by atoms with Crippen LogP contribution in [0.3, 0.4) is 0 Å². The van der Waals surface area contributed by atoms with Gasteiger partial charge in [-0.15, -0.1) is 11.3 Å². The number of carbonyl (C=O) groups is 1. The monoisotopic (exact) mass is 417 g/mol. The molecule has 0 unspecified atom stereocenters. The molecule has 2 aromatic heterocycles. The number of nitrogens with one attached hydrogen (secondary N) is 1. The molecule has 0 radical (unpaired) electrons. The van der Waals surface area contributed by atoms with Gasteiger partial charge in [-0.2, -0.15) is 5.26 Å². The number of anilines is 2. The summed E-state index contributed by atoms with van der Waals surface area (Å²) in [6.45, 7) is 5.67. The molecule has 1 fully saturated rings. The van der Waals surface area contributed by atoms with E-state index in [0.717, 1.165) is 43.0 Å². The van der Waals surface area contributed by atoms with Crippen molar-refractivity contribution in [2.45, 2.75) is 26.7 Å². The molecule has 1 aliphatic rings. The molecular formula is C23H23N5OS. The van der Waals surface area contributed by atoms with Crippen molar-refractivity contribution < 1.29 is 4.79 Å². The molecule has 1 aromatic carbocycles. The summed E-state index contributed by atoms with van der Waals surface area (Å²) >= 11 is 1.46. The third-order valence-corrected chi connectivity index (χ3v) is 6.23. The number of aromatic nitrogens is 2. The van der Waals surface area contributed by atoms with E-state index in [1.165, 1.54) is 22.5 Å². The fourth-order valence-electron chi connectivity index (χ4n) is 3.68. The fourth-order valence-corrected chi connectivity index (χ4v) is 4.40. The third-order valence-electron chi connectivity index (χ3n) is 5.47. The molecule has 3 heterocycles. The molecule has 1 aliphatic heterocycles. The minimum atomic E-state index is -0.0345. The summed E-state index contributed by atoms with van der Waals surface area (Å²) in [5.74, 6) is 0.850. The molecule has 0 atom stereocenters. The largest absolute Gasteiger partial charge is 0.357 e. The maximum absolute atomic E-state index is 12.7. The van der Waals surface area contributed by atoms with Gasteiger partial charge in [0.2, 0.25) is 5.91 Å². The molecule has 0 bridgehead atoms. The minimum Gasteiger partial charge on any atom is -0.357 e. The number of rotatable bonds is 4. The average Bonchev–Trinajstić information content (AvgIpc) is 3.24. The molecule has 6 nitrogen and oxygen atoms in total. The number of hydrogen-bond donors (Lipinski definition) is 1. The van der Waals surface area contributed by atoms with Crippen molar-refractivity contribution in [3.05, 3.63) is 58.6 Å². The van der Waals surface area contributed by atoms with Gasteiger partial charge in [-0.25, -0.2) is 9.97 Å². The highest BCUT2D eigenvalue weighted by atomic mass is 32.1. The van der Waals surface area contributed by atoms with Crippen LogP contribution in [-0.2, 0) is 4.79 Å². The van der Waals surface area contributed by atoms with Crippen LogP contribution in [0.1, 0.15) is 29.5 Å². The molecule has 1 N–H and O–H groups in total. The van der Waals surface area contributed by atoms with Crippen LogP contribution in [0.4, 0.5) is 10.9 Å². The number of thiazole rings is 1. The lowest BCUT2D eigenvalue weighted by molar-refractivity contribution is -0.120. The number of aryl methyl sites for hydroxylation is 2. The minimum absolute atomic E-state index is 0.0318. The van der Waals surface area contributed by atoms with E-state index in [1.807, 2.05) is 11.4 Å². The molecule has 152 valence electrons. The van der Waals surface area contributed by atoms with Gasteiger partial charge in [0.15, 0.2) is 5.13 Å². The topological polar surface area (TPSA) is 81.9 Å². The zero-order valence-electron chi connectivity index (χ0n) is 17.1. The molecule has 4 rings (SSSR count). The molecular weight excluding hydrogens is 394 g/mol. The van der Waals surface area contributed by atoms with Crippen LogP contribution in [-0.4, -0.2) is 29.0 Å². The first kappa shape index (κ1) is 20.0. The van der Waals surface area contributed by atoms with Crippen LogP contribution < -0.4 is 10.2 Å². The number of hydrogen-bond acceptors (Lipinski definition) is 6. The van der Waals surface area contributed by atoms with Crippen molar-refractivity contribution in [3.8, 4) is 17.3 Å². The molecule has 30 heavy (non-hydrogen) atoms. The molecule has 1 amide bonds. The maximum Gasteiger partial charge on any atom is 0.229 e. The Morgan fingerprint density at radius 1 is 1.23 bits per heavy atom. The van der Waals surface area contributed by atoms with E-state index in [9.17, 15) is 4.79 Å². The summed E-state index contributed by atoms with van der Waals surface area (Å²) in [6.07, 6.45) is 3.12. The zero-order valence-corrected chi connectivity index (χ0v) is 17.9. The van der Waals surface area contributed by atoms with E-state index >= 15 is 0 Å². The molecule has 3 aromatic rings. The Labute approximate surface area is 180 Å². The number of benzene rings is 1. The van der Waals surface area contributed by atoms with Crippen molar-refractivity contribution in [3.63, 3.8) is 0 Å². The van der Waals surface area contributed by atoms with Crippen LogP contribution >= 0.6 is 11.3 Å². The van der Waals surface area contributed by atoms with Crippen LogP contribution in [0.15, 0.2) is 41.9 Å². The first-order valence-corrected chi connectivity index (χ1v) is 10.9. The van der Waals surface area contributed by atoms with Crippen molar-refractivity contribution in [2.24, 2.45) is 5.92 Å². The van der Waals surface area contributed by atoms with Gasteiger partial charge in [0.25, 0.3) is 0 Å². The van der Waals surface area contributed by atoms with Gasteiger partial charge < -0.3 is 10.2 Å². The number of nitriles is 1. The second-order valence-corrected chi connectivity index (χ2v) is 8.48. The van der Waals surface area contributed by atoms with E-state index in [1.54, 1.807) is 12.3 Å². The number of carbonyl (C=O) groups excluding carboxylic acids is 1. The smallest absolute Gasteiger partial charge is 0.229 e. The Kier molecular flexibility index (Phi) is 5.77. The van der Waals surface area contributed by atoms with Crippen LogP contribution in [0.25, 0.3) is 11.3 Å². The van der Waals surface area contributed by atoms with Gasteiger partial charge in [0.1, 0.15) is 11.9 Å². The van der Waals surface area contributed by atoms with Crippen molar-refractivity contribution in [1.82, 2.24) is 9.97 Å². The Bertz CT molecular complexity index is 1090. The Hall–Kier alpha value is -3.24. The quantitative estimate of drug-likeness (QED) is 0.673. The molecule has 0 aliphatic carbocycles. The van der Waals surface area contributed by atoms with Gasteiger partial charge in [0, 0.05) is 36.1 Å². The lowest BCUT2D eigenvalue weighted by atomic mass is 9.96. The second-order valence-electron chi connectivity index (χ2n) is 7.62. The summed E-state index contributed by atoms with van der Waals surface area (Å²) in [5.41, 5.74) is 4.93. The summed E-state index contributed by atoms with van der Waals surface area (Å²) in [4.78, 5) is 23.9. The van der Waals surface area contributed by atoms with E-state index < -0.39 is 0 Å². The number of pyridine rings is 1. The molecule has 7 heteroatoms. The Morgan fingerprint density at radius 2 is 2.03 bits per heavy atom. The van der Waals surface area contributed by atoms with Crippen molar-refractivity contribution in [1.29, 1.82) is 5.26 Å². The van der Waals surface area contributed by atoms with Crippen LogP contribution in [0.2, 0.25) is 0 Å². The highest BCUT2D eigenvalue weighted by Gasteiger charge is 2.26. The molecule has 1 saturated heterocycles. The SMILES string of the molecule is Cc1ccc(C)c(-c2csc(NC(=O)C3CCN(c4ccc(C#N)cn4)CC3)n2)c1. The molecule has 0 spiro atoms. The summed E-state index contributed by atoms with van der Waals surface area (Å²) < 4.78 is 0. The molecule has 0 saturated carbocycles. The van der Waals surface area contributed by atoms with Gasteiger partial charge in [0.05, 0.1) is 11.3 Å². The average molecular weight is 418 g/mol.